The van der Waals surface area contributed by atoms with Gasteiger partial charge < -0.3 is 34.1 Å². The molecule has 10 nitrogen and oxygen atoms in total. The van der Waals surface area contributed by atoms with Crippen molar-refractivity contribution < 1.29 is 38.7 Å². The highest BCUT2D eigenvalue weighted by Crippen LogP contribution is 2.50. The van der Waals surface area contributed by atoms with Gasteiger partial charge in [-0.3, -0.25) is 9.69 Å². The summed E-state index contributed by atoms with van der Waals surface area (Å²) >= 11 is 0. The van der Waals surface area contributed by atoms with Crippen LogP contribution in [0, 0.1) is 5.92 Å². The van der Waals surface area contributed by atoms with E-state index in [-0.39, 0.29) is 43.4 Å². The summed E-state index contributed by atoms with van der Waals surface area (Å²) in [5, 5.41) is 22.3. The highest BCUT2D eigenvalue weighted by molar-refractivity contribution is 5.88. The van der Waals surface area contributed by atoms with Crippen LogP contribution in [0.2, 0.25) is 0 Å². The van der Waals surface area contributed by atoms with E-state index in [4.69, 9.17) is 18.9 Å². The van der Waals surface area contributed by atoms with Gasteiger partial charge in [-0.15, -0.1) is 0 Å². The molecule has 5 atom stereocenters. The number of ether oxygens (including phenoxy) is 4. The molecule has 1 aromatic rings. The smallest absolute Gasteiger partial charge is 0.339 e. The Balaban J connectivity index is 1.34. The molecule has 5 aliphatic rings. The first-order chi connectivity index (χ1) is 21.1. The monoisotopic (exact) mass is 612 g/mol. The van der Waals surface area contributed by atoms with E-state index in [9.17, 15) is 19.8 Å². The Hall–Kier alpha value is -2.82. The maximum Gasteiger partial charge on any atom is 0.339 e. The van der Waals surface area contributed by atoms with E-state index in [1.165, 1.54) is 0 Å². The van der Waals surface area contributed by atoms with Gasteiger partial charge in [-0.2, -0.15) is 0 Å². The summed E-state index contributed by atoms with van der Waals surface area (Å²) in [7, 11) is 1.60. The zero-order valence-corrected chi connectivity index (χ0v) is 26.4. The molecule has 10 heteroatoms. The lowest BCUT2D eigenvalue weighted by molar-refractivity contribution is -0.178. The number of likely N-dealkylation sites (tertiary alicyclic amines) is 1. The molecule has 0 bridgehead atoms. The number of carbonyl (C=O) groups excluding carboxylic acids is 2. The first-order valence-corrected chi connectivity index (χ1v) is 16.4. The van der Waals surface area contributed by atoms with E-state index in [0.717, 1.165) is 68.5 Å². The van der Waals surface area contributed by atoms with Gasteiger partial charge in [0.1, 0.15) is 5.76 Å². The molecule has 6 rings (SSSR count). The van der Waals surface area contributed by atoms with Crippen LogP contribution in [0.1, 0.15) is 88.7 Å². The minimum atomic E-state index is -2.04. The number of esters is 1. The third-order valence-corrected chi connectivity index (χ3v) is 10.2. The Morgan fingerprint density at radius 1 is 1.00 bits per heavy atom. The summed E-state index contributed by atoms with van der Waals surface area (Å²) in [6.45, 7) is 6.66. The van der Waals surface area contributed by atoms with Crippen LogP contribution in [0.15, 0.2) is 24.0 Å². The van der Waals surface area contributed by atoms with Crippen LogP contribution in [-0.2, 0) is 25.5 Å². The van der Waals surface area contributed by atoms with E-state index < -0.39 is 23.3 Å². The Labute approximate surface area is 260 Å². The number of aliphatic hydroxyl groups is 2. The summed E-state index contributed by atoms with van der Waals surface area (Å²) in [6.07, 6.45) is 7.50. The van der Waals surface area contributed by atoms with E-state index in [1.54, 1.807) is 25.9 Å². The third-order valence-electron chi connectivity index (χ3n) is 10.2. The van der Waals surface area contributed by atoms with Crippen LogP contribution in [0.5, 0.6) is 11.5 Å². The van der Waals surface area contributed by atoms with Gasteiger partial charge in [0, 0.05) is 31.6 Å². The van der Waals surface area contributed by atoms with Crippen molar-refractivity contribution in [3.8, 4) is 11.5 Å². The maximum absolute atomic E-state index is 14.2. The Morgan fingerprint density at radius 2 is 1.75 bits per heavy atom. The van der Waals surface area contributed by atoms with Gasteiger partial charge in [0.05, 0.1) is 19.1 Å². The second kappa shape index (κ2) is 12.5. The lowest BCUT2D eigenvalue weighted by Crippen LogP contribution is -2.55. The molecule has 4 heterocycles. The molecule has 4 aliphatic heterocycles. The molecule has 44 heavy (non-hydrogen) atoms. The van der Waals surface area contributed by atoms with E-state index in [2.05, 4.69) is 17.0 Å². The van der Waals surface area contributed by atoms with Crippen molar-refractivity contribution >= 4 is 11.9 Å². The molecule has 2 N–H and O–H groups in total. The zero-order valence-electron chi connectivity index (χ0n) is 26.4. The number of fused-ring (bicyclic) bond motifs is 3. The Bertz CT molecular complexity index is 1270. The molecule has 1 unspecified atom stereocenters. The predicted molar refractivity (Wildman–Crippen MR) is 162 cm³/mol. The fourth-order valence-electron chi connectivity index (χ4n) is 7.98. The number of methoxy groups -OCH3 is 1. The Morgan fingerprint density at radius 3 is 2.48 bits per heavy atom. The van der Waals surface area contributed by atoms with Crippen molar-refractivity contribution in [2.24, 2.45) is 5.92 Å². The number of amides is 1. The summed E-state index contributed by atoms with van der Waals surface area (Å²) in [5.41, 5.74) is -0.827. The van der Waals surface area contributed by atoms with Gasteiger partial charge in [0.25, 0.3) is 0 Å². The van der Waals surface area contributed by atoms with Crippen LogP contribution in [0.25, 0.3) is 0 Å². The minimum absolute atomic E-state index is 0.00622. The van der Waals surface area contributed by atoms with Gasteiger partial charge in [0.15, 0.2) is 23.2 Å². The molecule has 0 saturated carbocycles. The first kappa shape index (κ1) is 31.2. The van der Waals surface area contributed by atoms with Crippen LogP contribution in [0.4, 0.5) is 0 Å². The van der Waals surface area contributed by atoms with Gasteiger partial charge in [0.2, 0.25) is 12.7 Å². The topological polar surface area (TPSA) is 118 Å². The number of piperidine rings is 2. The van der Waals surface area contributed by atoms with Crippen LogP contribution in [0.3, 0.4) is 0 Å². The van der Waals surface area contributed by atoms with Crippen molar-refractivity contribution in [1.29, 1.82) is 0 Å². The van der Waals surface area contributed by atoms with E-state index in [0.29, 0.717) is 37.4 Å². The third kappa shape index (κ3) is 6.30. The normalized spacial score (nSPS) is 27.8. The minimum Gasteiger partial charge on any atom is -0.497 e. The summed E-state index contributed by atoms with van der Waals surface area (Å²) in [5.74, 6) is 0.875. The molecule has 1 aromatic carbocycles. The highest BCUT2D eigenvalue weighted by Gasteiger charge is 2.52. The lowest BCUT2D eigenvalue weighted by atomic mass is 9.71. The van der Waals surface area contributed by atoms with Crippen molar-refractivity contribution in [3.05, 3.63) is 35.1 Å². The molecular weight excluding hydrogens is 564 g/mol. The van der Waals surface area contributed by atoms with Gasteiger partial charge in [-0.1, -0.05) is 0 Å². The number of hydrogen-bond acceptors (Lipinski definition) is 9. The molecule has 0 aromatic heterocycles. The molecule has 2 fully saturated rings. The van der Waals surface area contributed by atoms with E-state index >= 15 is 0 Å². The lowest BCUT2D eigenvalue weighted by Gasteiger charge is -2.48. The molecule has 0 radical (unpaired) electrons. The molecule has 242 valence electrons. The molecule has 1 amide bonds. The molecule has 1 aliphatic carbocycles. The summed E-state index contributed by atoms with van der Waals surface area (Å²) in [4.78, 5) is 31.9. The largest absolute Gasteiger partial charge is 0.497 e. The quantitative estimate of drug-likeness (QED) is 0.403. The number of rotatable bonds is 9. The van der Waals surface area contributed by atoms with Crippen molar-refractivity contribution in [3.63, 3.8) is 0 Å². The molecular formula is C34H48N2O8. The predicted octanol–water partition coefficient (Wildman–Crippen LogP) is 3.67. The number of hydrogen-bond donors (Lipinski definition) is 2. The average Bonchev–Trinajstić information content (AvgIpc) is 3.39. The highest BCUT2D eigenvalue weighted by atomic mass is 16.7. The van der Waals surface area contributed by atoms with Crippen molar-refractivity contribution in [2.75, 3.05) is 40.1 Å². The van der Waals surface area contributed by atoms with Crippen LogP contribution >= 0.6 is 0 Å². The van der Waals surface area contributed by atoms with Gasteiger partial charge in [-0.05, 0) is 113 Å². The Kier molecular flexibility index (Phi) is 8.87. The van der Waals surface area contributed by atoms with Gasteiger partial charge in [-0.25, -0.2) is 4.79 Å². The number of benzene rings is 1. The zero-order chi connectivity index (χ0) is 31.1. The van der Waals surface area contributed by atoms with Gasteiger partial charge >= 0.3 is 5.97 Å². The SMILES string of the molecule is COC1=C[C@H]2CCCN3CCc4cc5c(cc4[C@@H](C23)[C@@H]1OC(=O)[C@@](O)(CCCC(C)(C)O)CC(=O)N1CCCCC1)OCO5. The van der Waals surface area contributed by atoms with Crippen molar-refractivity contribution in [1.82, 2.24) is 9.80 Å². The number of nitrogens with zero attached hydrogens (tertiary/aromatic N) is 2. The van der Waals surface area contributed by atoms with Crippen molar-refractivity contribution in [2.45, 2.75) is 107 Å². The van der Waals surface area contributed by atoms with Crippen LogP contribution < -0.4 is 9.47 Å². The average molecular weight is 613 g/mol. The van der Waals surface area contributed by atoms with E-state index in [1.807, 2.05) is 6.07 Å². The van der Waals surface area contributed by atoms with Crippen LogP contribution in [-0.4, -0.2) is 95.3 Å². The first-order valence-electron chi connectivity index (χ1n) is 16.4. The second-order valence-corrected chi connectivity index (χ2v) is 13.9. The standard InChI is InChI=1S/C34H48N2O8/c1-33(2,39)11-8-12-34(40,20-28(37)35-13-5-4-6-14-35)32(38)44-31-27(41-3)18-23-9-7-15-36-16-10-22-17-25-26(43-21-42-25)19-24(22)29(31)30(23)36/h17-19,23,29-31,39-40H,4-16,20-21H2,1-3H3/t23-,29+,30?,31-,34-/m1/s1. The number of carbonyl (C=O) groups is 2. The summed E-state index contributed by atoms with van der Waals surface area (Å²) < 4.78 is 23.8. The summed E-state index contributed by atoms with van der Waals surface area (Å²) in [6, 6.07) is 4.17. The fraction of sp³-hybridized carbons (Fsp3) is 0.706. The second-order valence-electron chi connectivity index (χ2n) is 13.9. The maximum atomic E-state index is 14.2. The molecule has 2 saturated heterocycles. The molecule has 0 spiro atoms. The fourth-order valence-corrected chi connectivity index (χ4v) is 7.98.